The zero-order chi connectivity index (χ0) is 53.3. The van der Waals surface area contributed by atoms with E-state index >= 15 is 0 Å². The lowest BCUT2D eigenvalue weighted by Crippen LogP contribution is -2.61. The maximum Gasteiger partial charge on any atom is 0.306 e. The van der Waals surface area contributed by atoms with Gasteiger partial charge in [-0.25, -0.2) is 0 Å². The molecule has 8 atom stereocenters. The first-order valence-electron chi connectivity index (χ1n) is 28.7. The fourth-order valence-electron chi connectivity index (χ4n) is 8.20. The van der Waals surface area contributed by atoms with Gasteiger partial charge in [-0.3, -0.25) is 9.59 Å². The molecule has 1 rings (SSSR count). The molecule has 0 saturated carbocycles. The topological polar surface area (TPSA) is 175 Å². The number of hydrogen-bond acceptors (Lipinski definition) is 10. The third-order valence-corrected chi connectivity index (χ3v) is 12.7. The molecule has 1 fully saturated rings. The molecule has 416 valence electrons. The average molecular weight is 1020 g/mol. The summed E-state index contributed by atoms with van der Waals surface area (Å²) in [4.78, 5) is 26.4. The highest BCUT2D eigenvalue weighted by molar-refractivity contribution is 5.80. The van der Waals surface area contributed by atoms with Crippen LogP contribution >= 0.6 is 0 Å². The Labute approximate surface area is 443 Å². The van der Waals surface area contributed by atoms with Crippen LogP contribution in [0.3, 0.4) is 0 Å². The van der Waals surface area contributed by atoms with Gasteiger partial charge in [0.05, 0.1) is 25.4 Å². The van der Waals surface area contributed by atoms with Crippen molar-refractivity contribution in [2.24, 2.45) is 0 Å². The molecular formula is C62H103NO10. The summed E-state index contributed by atoms with van der Waals surface area (Å²) in [5, 5.41) is 56.8. The summed E-state index contributed by atoms with van der Waals surface area (Å²) in [5.41, 5.74) is 0. The number of carbonyl (C=O) groups excluding carboxylic acids is 2. The summed E-state index contributed by atoms with van der Waals surface area (Å²) >= 11 is 0. The number of allylic oxidation sites excluding steroid dienone is 17. The normalized spacial score (nSPS) is 20.2. The fraction of sp³-hybridized carbons (Fsp3) is 0.677. The number of ether oxygens (including phenoxy) is 3. The first-order chi connectivity index (χ1) is 35.7. The van der Waals surface area contributed by atoms with E-state index in [0.29, 0.717) is 12.8 Å². The summed E-state index contributed by atoms with van der Waals surface area (Å²) in [6.07, 6.45) is 55.6. The third kappa shape index (κ3) is 37.7. The van der Waals surface area contributed by atoms with Crippen LogP contribution in [0.15, 0.2) is 109 Å². The SMILES string of the molecule is CC/C=C\C/C=C\C/C=C\C/C=C\C/C=C\CCCCC(O)C(=O)NC(COC1OC(CO)C(O)C(O)C1OC(=O)CCCCCCC\C=C/C=C/C=C/CC)C(O)/C=C/CCCCCCCCCCCCC. The second-order valence-corrected chi connectivity index (χ2v) is 19.3. The van der Waals surface area contributed by atoms with Crippen molar-refractivity contribution in [3.8, 4) is 0 Å². The molecular weight excluding hydrogens is 919 g/mol. The highest BCUT2D eigenvalue weighted by Gasteiger charge is 2.47. The largest absolute Gasteiger partial charge is 0.454 e. The van der Waals surface area contributed by atoms with Gasteiger partial charge in [-0.15, -0.1) is 0 Å². The minimum absolute atomic E-state index is 0.0902. The number of aliphatic hydroxyl groups excluding tert-OH is 5. The van der Waals surface area contributed by atoms with Gasteiger partial charge in [-0.1, -0.05) is 220 Å². The van der Waals surface area contributed by atoms with Crippen LogP contribution in [0.25, 0.3) is 0 Å². The van der Waals surface area contributed by atoms with Gasteiger partial charge in [0.1, 0.15) is 24.4 Å². The van der Waals surface area contributed by atoms with Gasteiger partial charge in [0, 0.05) is 6.42 Å². The molecule has 1 saturated heterocycles. The number of aliphatic hydroxyl groups is 5. The molecule has 1 heterocycles. The molecule has 1 amide bonds. The Kier molecular flexibility index (Phi) is 45.4. The van der Waals surface area contributed by atoms with E-state index in [0.717, 1.165) is 109 Å². The molecule has 8 unspecified atom stereocenters. The number of carbonyl (C=O) groups is 2. The summed E-state index contributed by atoms with van der Waals surface area (Å²) in [7, 11) is 0. The van der Waals surface area contributed by atoms with Crippen molar-refractivity contribution >= 4 is 11.9 Å². The highest BCUT2D eigenvalue weighted by Crippen LogP contribution is 2.26. The van der Waals surface area contributed by atoms with Gasteiger partial charge in [0.25, 0.3) is 0 Å². The zero-order valence-electron chi connectivity index (χ0n) is 45.7. The average Bonchev–Trinajstić information content (AvgIpc) is 3.39. The van der Waals surface area contributed by atoms with Crippen molar-refractivity contribution in [3.05, 3.63) is 109 Å². The van der Waals surface area contributed by atoms with Crippen LogP contribution in [-0.4, -0.2) is 99.6 Å². The van der Waals surface area contributed by atoms with Crippen LogP contribution in [0.5, 0.6) is 0 Å². The monoisotopic (exact) mass is 1020 g/mol. The maximum atomic E-state index is 13.4. The Bertz CT molecular complexity index is 1600. The molecule has 0 aliphatic carbocycles. The predicted octanol–water partition coefficient (Wildman–Crippen LogP) is 12.9. The van der Waals surface area contributed by atoms with Crippen molar-refractivity contribution in [1.29, 1.82) is 0 Å². The molecule has 0 aromatic heterocycles. The molecule has 0 aromatic carbocycles. The second kappa shape index (κ2) is 49.2. The molecule has 73 heavy (non-hydrogen) atoms. The zero-order valence-corrected chi connectivity index (χ0v) is 45.7. The van der Waals surface area contributed by atoms with E-state index in [1.165, 1.54) is 51.4 Å². The van der Waals surface area contributed by atoms with E-state index in [2.05, 4.69) is 105 Å². The Hall–Kier alpha value is -3.68. The smallest absolute Gasteiger partial charge is 0.306 e. The van der Waals surface area contributed by atoms with Crippen molar-refractivity contribution in [2.45, 2.75) is 256 Å². The van der Waals surface area contributed by atoms with E-state index < -0.39 is 67.4 Å². The highest BCUT2D eigenvalue weighted by atomic mass is 16.7. The number of hydrogen-bond donors (Lipinski definition) is 6. The van der Waals surface area contributed by atoms with Crippen LogP contribution in [0, 0.1) is 0 Å². The van der Waals surface area contributed by atoms with Crippen molar-refractivity contribution < 1.29 is 49.3 Å². The minimum Gasteiger partial charge on any atom is -0.454 e. The lowest BCUT2D eigenvalue weighted by molar-refractivity contribution is -0.305. The standard InChI is InChI=1S/C62H103NO10/c1-4-7-10-13-16-19-22-25-26-27-28-29-32-34-37-40-43-46-49-55(66)61(70)63-53(54(65)48-45-42-39-36-33-30-23-20-17-14-11-8-5-2)52-71-62-60(59(69)58(68)56(51-64)72-62)73-57(67)50-47-44-41-38-35-31-24-21-18-15-12-9-6-3/h7,9-10,12,15-16,18-19,21,24-26,28-29,34,37,45,48,53-56,58-60,62,64-66,68-69H,4-6,8,11,13-14,17,20,22-23,27,30-33,35-36,38-44,46-47,49-52H2,1-3H3,(H,63,70)/b10-7-,12-9+,18-15+,19-16-,24-21-,26-25-,29-28-,37-34-,48-45+. The molecule has 0 radical (unpaired) electrons. The minimum atomic E-state index is -1.63. The Morgan fingerprint density at radius 3 is 1.63 bits per heavy atom. The van der Waals surface area contributed by atoms with Gasteiger partial charge >= 0.3 is 5.97 Å². The van der Waals surface area contributed by atoms with Crippen LogP contribution in [0.4, 0.5) is 0 Å². The Balaban J connectivity index is 2.79. The Morgan fingerprint density at radius 1 is 0.562 bits per heavy atom. The van der Waals surface area contributed by atoms with E-state index in [-0.39, 0.29) is 19.4 Å². The van der Waals surface area contributed by atoms with Crippen molar-refractivity contribution in [2.75, 3.05) is 13.2 Å². The fourth-order valence-corrected chi connectivity index (χ4v) is 8.20. The predicted molar refractivity (Wildman–Crippen MR) is 301 cm³/mol. The molecule has 11 nitrogen and oxygen atoms in total. The van der Waals surface area contributed by atoms with Crippen LogP contribution in [0.2, 0.25) is 0 Å². The lowest BCUT2D eigenvalue weighted by atomic mass is 9.99. The lowest BCUT2D eigenvalue weighted by Gasteiger charge is -2.41. The van der Waals surface area contributed by atoms with Crippen molar-refractivity contribution in [3.63, 3.8) is 0 Å². The van der Waals surface area contributed by atoms with Gasteiger partial charge in [0.15, 0.2) is 12.4 Å². The molecule has 11 heteroatoms. The number of nitrogens with one attached hydrogen (secondary N) is 1. The summed E-state index contributed by atoms with van der Waals surface area (Å²) in [6.45, 7) is 5.48. The first kappa shape index (κ1) is 67.3. The Morgan fingerprint density at radius 2 is 1.05 bits per heavy atom. The number of amides is 1. The van der Waals surface area contributed by atoms with E-state index in [4.69, 9.17) is 14.2 Å². The molecule has 1 aliphatic rings. The first-order valence-corrected chi connectivity index (χ1v) is 28.7. The van der Waals surface area contributed by atoms with Gasteiger partial charge in [-0.05, 0) is 89.9 Å². The van der Waals surface area contributed by atoms with Crippen LogP contribution in [0.1, 0.15) is 207 Å². The van der Waals surface area contributed by atoms with Crippen LogP contribution in [-0.2, 0) is 23.8 Å². The summed E-state index contributed by atoms with van der Waals surface area (Å²) in [5.74, 6) is -1.26. The van der Waals surface area contributed by atoms with Gasteiger partial charge in [-0.2, -0.15) is 0 Å². The quantitative estimate of drug-likeness (QED) is 0.0149. The van der Waals surface area contributed by atoms with E-state index in [1.54, 1.807) is 6.08 Å². The molecule has 0 aromatic rings. The maximum absolute atomic E-state index is 13.4. The molecule has 1 aliphatic heterocycles. The number of unbranched alkanes of at least 4 members (excludes halogenated alkanes) is 18. The molecule has 6 N–H and O–H groups in total. The van der Waals surface area contributed by atoms with Gasteiger partial charge < -0.3 is 45.1 Å². The van der Waals surface area contributed by atoms with Crippen LogP contribution < -0.4 is 5.32 Å². The number of rotatable bonds is 46. The van der Waals surface area contributed by atoms with E-state index in [1.807, 2.05) is 24.3 Å². The molecule has 0 spiro atoms. The second-order valence-electron chi connectivity index (χ2n) is 19.3. The van der Waals surface area contributed by atoms with Crippen molar-refractivity contribution in [1.82, 2.24) is 5.32 Å². The number of esters is 1. The van der Waals surface area contributed by atoms with Gasteiger partial charge in [0.2, 0.25) is 5.91 Å². The summed E-state index contributed by atoms with van der Waals surface area (Å²) < 4.78 is 17.5. The molecule has 0 bridgehead atoms. The third-order valence-electron chi connectivity index (χ3n) is 12.7. The van der Waals surface area contributed by atoms with E-state index in [9.17, 15) is 35.1 Å². The summed E-state index contributed by atoms with van der Waals surface area (Å²) in [6, 6.07) is -1.05.